The fourth-order valence-corrected chi connectivity index (χ4v) is 2.20. The molecule has 2 aromatic rings. The number of anilines is 2. The van der Waals surface area contributed by atoms with Crippen LogP contribution in [-0.2, 0) is 6.42 Å². The van der Waals surface area contributed by atoms with Crippen LogP contribution in [0.15, 0.2) is 48.5 Å². The number of rotatable bonds is 6. The molecule has 0 aliphatic carbocycles. The second-order valence-corrected chi connectivity index (χ2v) is 5.09. The first-order valence-corrected chi connectivity index (χ1v) is 7.21. The molecule has 19 heavy (non-hydrogen) atoms. The van der Waals surface area contributed by atoms with E-state index in [0.29, 0.717) is 0 Å². The van der Waals surface area contributed by atoms with Gasteiger partial charge in [0.15, 0.2) is 0 Å². The van der Waals surface area contributed by atoms with E-state index in [1.165, 1.54) is 42.5 Å². The van der Waals surface area contributed by atoms with E-state index in [1.54, 1.807) is 0 Å². The lowest BCUT2D eigenvalue weighted by Crippen LogP contribution is -1.93. The molecule has 0 aliphatic heterocycles. The first kappa shape index (κ1) is 13.7. The fourth-order valence-electron chi connectivity index (χ4n) is 2.20. The summed E-state index contributed by atoms with van der Waals surface area (Å²) >= 11 is 0. The van der Waals surface area contributed by atoms with Gasteiger partial charge in [0.25, 0.3) is 0 Å². The second kappa shape index (κ2) is 6.98. The van der Waals surface area contributed by atoms with Crippen LogP contribution < -0.4 is 5.32 Å². The van der Waals surface area contributed by atoms with E-state index in [4.69, 9.17) is 0 Å². The molecule has 0 aromatic heterocycles. The van der Waals surface area contributed by atoms with Gasteiger partial charge in [-0.25, -0.2) is 0 Å². The van der Waals surface area contributed by atoms with Crippen molar-refractivity contribution >= 4 is 11.4 Å². The predicted octanol–water partition coefficient (Wildman–Crippen LogP) is 5.47. The molecule has 0 unspecified atom stereocenters. The number of hydrogen-bond acceptors (Lipinski definition) is 1. The summed E-state index contributed by atoms with van der Waals surface area (Å²) in [7, 11) is 0. The summed E-state index contributed by atoms with van der Waals surface area (Å²) in [5, 5.41) is 3.47. The second-order valence-electron chi connectivity index (χ2n) is 5.09. The van der Waals surface area contributed by atoms with Crippen molar-refractivity contribution in [2.24, 2.45) is 0 Å². The lowest BCUT2D eigenvalue weighted by Gasteiger charge is -2.10. The third-order valence-corrected chi connectivity index (χ3v) is 3.45. The summed E-state index contributed by atoms with van der Waals surface area (Å²) in [6, 6.07) is 17.2. The minimum absolute atomic E-state index is 1.16. The predicted molar refractivity (Wildman–Crippen MR) is 84.1 cm³/mol. The van der Waals surface area contributed by atoms with Gasteiger partial charge in [-0.1, -0.05) is 50.1 Å². The first-order chi connectivity index (χ1) is 9.29. The Labute approximate surface area is 116 Å². The zero-order valence-corrected chi connectivity index (χ0v) is 11.9. The van der Waals surface area contributed by atoms with Crippen molar-refractivity contribution in [1.29, 1.82) is 0 Å². The van der Waals surface area contributed by atoms with Crippen molar-refractivity contribution in [2.45, 2.75) is 39.5 Å². The largest absolute Gasteiger partial charge is 0.355 e. The van der Waals surface area contributed by atoms with Gasteiger partial charge in [0.05, 0.1) is 0 Å². The highest BCUT2D eigenvalue weighted by Gasteiger charge is 1.98. The maximum absolute atomic E-state index is 3.47. The molecule has 100 valence electrons. The van der Waals surface area contributed by atoms with Crippen LogP contribution in [0.5, 0.6) is 0 Å². The molecule has 1 nitrogen and oxygen atoms in total. The lowest BCUT2D eigenvalue weighted by molar-refractivity contribution is 0.717. The zero-order valence-electron chi connectivity index (χ0n) is 11.9. The van der Waals surface area contributed by atoms with Crippen LogP contribution in [0.25, 0.3) is 0 Å². The van der Waals surface area contributed by atoms with Crippen molar-refractivity contribution in [3.8, 4) is 0 Å². The van der Waals surface area contributed by atoms with E-state index in [9.17, 15) is 0 Å². The van der Waals surface area contributed by atoms with Gasteiger partial charge >= 0.3 is 0 Å². The molecule has 0 spiro atoms. The molecule has 0 fully saturated rings. The van der Waals surface area contributed by atoms with E-state index in [0.717, 1.165) is 5.69 Å². The topological polar surface area (TPSA) is 12.0 Å². The minimum atomic E-state index is 1.16. The van der Waals surface area contributed by atoms with Gasteiger partial charge in [-0.3, -0.25) is 0 Å². The summed E-state index contributed by atoms with van der Waals surface area (Å²) in [5.74, 6) is 0. The smallest absolute Gasteiger partial charge is 0.0413 e. The quantitative estimate of drug-likeness (QED) is 0.673. The summed E-state index contributed by atoms with van der Waals surface area (Å²) < 4.78 is 0. The Bertz CT molecular complexity index is 499. The summed E-state index contributed by atoms with van der Waals surface area (Å²) in [6.07, 6.45) is 5.09. The van der Waals surface area contributed by atoms with Gasteiger partial charge in [0.1, 0.15) is 0 Å². The molecule has 0 amide bonds. The van der Waals surface area contributed by atoms with Crippen LogP contribution in [0.3, 0.4) is 0 Å². The molecule has 2 rings (SSSR count). The monoisotopic (exact) mass is 253 g/mol. The number of aryl methyl sites for hydroxylation is 2. The van der Waals surface area contributed by atoms with Crippen molar-refractivity contribution < 1.29 is 0 Å². The average Bonchev–Trinajstić information content (AvgIpc) is 2.44. The van der Waals surface area contributed by atoms with Gasteiger partial charge in [-0.2, -0.15) is 0 Å². The Morgan fingerprint density at radius 1 is 0.895 bits per heavy atom. The number of para-hydroxylation sites is 1. The Morgan fingerprint density at radius 2 is 1.63 bits per heavy atom. The van der Waals surface area contributed by atoms with Crippen LogP contribution >= 0.6 is 0 Å². The molecule has 0 aliphatic rings. The third kappa shape index (κ3) is 4.13. The minimum Gasteiger partial charge on any atom is -0.355 e. The maximum Gasteiger partial charge on any atom is 0.0413 e. The van der Waals surface area contributed by atoms with Gasteiger partial charge in [0.2, 0.25) is 0 Å². The highest BCUT2D eigenvalue weighted by atomic mass is 14.9. The van der Waals surface area contributed by atoms with Crippen molar-refractivity contribution in [3.63, 3.8) is 0 Å². The third-order valence-electron chi connectivity index (χ3n) is 3.45. The van der Waals surface area contributed by atoms with Crippen LogP contribution in [0.4, 0.5) is 11.4 Å². The average molecular weight is 253 g/mol. The Morgan fingerprint density at radius 3 is 2.32 bits per heavy atom. The number of unbranched alkanes of at least 4 members (excludes halogenated alkanes) is 2. The highest BCUT2D eigenvalue weighted by molar-refractivity contribution is 5.62. The number of nitrogens with one attached hydrogen (secondary N) is 1. The number of benzene rings is 2. The molecule has 0 saturated heterocycles. The molecular formula is C18H23N. The summed E-state index contributed by atoms with van der Waals surface area (Å²) in [5.41, 5.74) is 5.05. The summed E-state index contributed by atoms with van der Waals surface area (Å²) in [4.78, 5) is 0. The molecule has 0 bridgehead atoms. The van der Waals surface area contributed by atoms with Gasteiger partial charge in [0, 0.05) is 11.4 Å². The van der Waals surface area contributed by atoms with E-state index < -0.39 is 0 Å². The van der Waals surface area contributed by atoms with Gasteiger partial charge in [-0.15, -0.1) is 0 Å². The molecular weight excluding hydrogens is 230 g/mol. The SMILES string of the molecule is CCCCCc1ccc(Nc2ccccc2C)cc1. The van der Waals surface area contributed by atoms with Crippen molar-refractivity contribution in [3.05, 3.63) is 59.7 Å². The van der Waals surface area contributed by atoms with Crippen molar-refractivity contribution in [2.75, 3.05) is 5.32 Å². The molecule has 2 aromatic carbocycles. The molecule has 1 N–H and O–H groups in total. The Kier molecular flexibility index (Phi) is 5.02. The Balaban J connectivity index is 1.97. The Hall–Kier alpha value is -1.76. The maximum atomic E-state index is 3.47. The van der Waals surface area contributed by atoms with E-state index in [1.807, 2.05) is 0 Å². The normalized spacial score (nSPS) is 10.4. The summed E-state index contributed by atoms with van der Waals surface area (Å²) in [6.45, 7) is 4.37. The van der Waals surface area contributed by atoms with Crippen LogP contribution in [0.1, 0.15) is 37.3 Å². The molecule has 0 radical (unpaired) electrons. The van der Waals surface area contributed by atoms with Crippen LogP contribution in [0, 0.1) is 6.92 Å². The zero-order chi connectivity index (χ0) is 13.5. The number of hydrogen-bond donors (Lipinski definition) is 1. The van der Waals surface area contributed by atoms with E-state index >= 15 is 0 Å². The van der Waals surface area contributed by atoms with Crippen LogP contribution in [-0.4, -0.2) is 0 Å². The fraction of sp³-hybridized carbons (Fsp3) is 0.333. The molecule has 0 heterocycles. The van der Waals surface area contributed by atoms with Crippen LogP contribution in [0.2, 0.25) is 0 Å². The van der Waals surface area contributed by atoms with E-state index in [-0.39, 0.29) is 0 Å². The first-order valence-electron chi connectivity index (χ1n) is 7.21. The molecule has 0 saturated carbocycles. The van der Waals surface area contributed by atoms with Gasteiger partial charge in [-0.05, 0) is 49.1 Å². The van der Waals surface area contributed by atoms with Crippen molar-refractivity contribution in [1.82, 2.24) is 0 Å². The molecule has 0 atom stereocenters. The van der Waals surface area contributed by atoms with E-state index in [2.05, 4.69) is 67.7 Å². The standard InChI is InChI=1S/C18H23N/c1-3-4-5-9-16-11-13-17(14-12-16)19-18-10-7-6-8-15(18)2/h6-8,10-14,19H,3-5,9H2,1-2H3. The highest BCUT2D eigenvalue weighted by Crippen LogP contribution is 2.20. The lowest BCUT2D eigenvalue weighted by atomic mass is 10.1. The molecule has 1 heteroatoms. The van der Waals surface area contributed by atoms with Gasteiger partial charge < -0.3 is 5.32 Å².